The molecule has 0 atom stereocenters. The molecule has 5 heteroatoms. The highest BCUT2D eigenvalue weighted by molar-refractivity contribution is 9.10. The van der Waals surface area contributed by atoms with Crippen molar-refractivity contribution in [1.29, 1.82) is 0 Å². The van der Waals surface area contributed by atoms with Gasteiger partial charge in [-0.05, 0) is 52.9 Å². The minimum absolute atomic E-state index is 0.141. The van der Waals surface area contributed by atoms with E-state index in [1.54, 1.807) is 24.1 Å². The van der Waals surface area contributed by atoms with Crippen LogP contribution in [-0.2, 0) is 4.74 Å². The van der Waals surface area contributed by atoms with Gasteiger partial charge in [-0.3, -0.25) is 4.79 Å². The smallest absolute Gasteiger partial charge is 0.253 e. The predicted octanol–water partition coefficient (Wildman–Crippen LogP) is 3.09. The fraction of sp³-hybridized carbons (Fsp3) is 0.500. The van der Waals surface area contributed by atoms with Crippen molar-refractivity contribution < 1.29 is 13.9 Å². The van der Waals surface area contributed by atoms with Crippen molar-refractivity contribution in [2.45, 2.75) is 12.8 Å². The van der Waals surface area contributed by atoms with Crippen LogP contribution in [0.15, 0.2) is 22.7 Å². The van der Waals surface area contributed by atoms with Gasteiger partial charge in [0.25, 0.3) is 5.91 Å². The summed E-state index contributed by atoms with van der Waals surface area (Å²) in [6, 6.07) is 4.47. The van der Waals surface area contributed by atoms with E-state index >= 15 is 0 Å². The molecule has 1 aromatic rings. The van der Waals surface area contributed by atoms with Crippen molar-refractivity contribution in [3.63, 3.8) is 0 Å². The zero-order valence-electron chi connectivity index (χ0n) is 10.9. The van der Waals surface area contributed by atoms with E-state index in [0.717, 1.165) is 26.1 Å². The normalized spacial score (nSPS) is 16.4. The summed E-state index contributed by atoms with van der Waals surface area (Å²) in [5.74, 6) is -0.0776. The first-order valence-electron chi connectivity index (χ1n) is 6.36. The number of carbonyl (C=O) groups is 1. The third kappa shape index (κ3) is 3.76. The summed E-state index contributed by atoms with van der Waals surface area (Å²) >= 11 is 3.08. The fourth-order valence-corrected chi connectivity index (χ4v) is 2.50. The molecule has 1 saturated heterocycles. The van der Waals surface area contributed by atoms with Gasteiger partial charge in [-0.25, -0.2) is 4.39 Å². The molecule has 2 rings (SSSR count). The van der Waals surface area contributed by atoms with Gasteiger partial charge >= 0.3 is 0 Å². The van der Waals surface area contributed by atoms with Crippen LogP contribution in [0.5, 0.6) is 0 Å². The fourth-order valence-electron chi connectivity index (χ4n) is 2.25. The Labute approximate surface area is 120 Å². The van der Waals surface area contributed by atoms with E-state index in [2.05, 4.69) is 15.9 Å². The van der Waals surface area contributed by atoms with E-state index in [9.17, 15) is 9.18 Å². The van der Waals surface area contributed by atoms with Crippen molar-refractivity contribution in [1.82, 2.24) is 4.90 Å². The van der Waals surface area contributed by atoms with Gasteiger partial charge in [0.2, 0.25) is 0 Å². The molecular formula is C14H17BrFNO2. The SMILES string of the molecule is CN(CC1CCOCC1)C(=O)c1ccc(Br)c(F)c1. The highest BCUT2D eigenvalue weighted by Gasteiger charge is 2.20. The minimum atomic E-state index is -0.412. The Kier molecular flexibility index (Phi) is 4.93. The highest BCUT2D eigenvalue weighted by atomic mass is 79.9. The molecular weight excluding hydrogens is 313 g/mol. The average Bonchev–Trinajstić information content (AvgIpc) is 2.42. The molecule has 1 fully saturated rings. The number of halogens is 2. The first-order chi connectivity index (χ1) is 9.08. The molecule has 0 spiro atoms. The van der Waals surface area contributed by atoms with Crippen LogP contribution in [-0.4, -0.2) is 37.6 Å². The molecule has 0 unspecified atom stereocenters. The lowest BCUT2D eigenvalue weighted by Crippen LogP contribution is -2.34. The molecule has 3 nitrogen and oxygen atoms in total. The molecule has 1 aliphatic rings. The average molecular weight is 330 g/mol. The van der Waals surface area contributed by atoms with Crippen LogP contribution in [0.25, 0.3) is 0 Å². The molecule has 0 bridgehead atoms. The second kappa shape index (κ2) is 6.48. The van der Waals surface area contributed by atoms with E-state index in [1.807, 2.05) is 0 Å². The van der Waals surface area contributed by atoms with Crippen LogP contribution >= 0.6 is 15.9 Å². The Morgan fingerprint density at radius 2 is 2.16 bits per heavy atom. The van der Waals surface area contributed by atoms with Gasteiger partial charge < -0.3 is 9.64 Å². The maximum absolute atomic E-state index is 13.4. The Morgan fingerprint density at radius 3 is 2.79 bits per heavy atom. The van der Waals surface area contributed by atoms with Gasteiger partial charge in [-0.15, -0.1) is 0 Å². The summed E-state index contributed by atoms with van der Waals surface area (Å²) in [5, 5.41) is 0. The van der Waals surface area contributed by atoms with Gasteiger partial charge in [0.15, 0.2) is 0 Å². The number of hydrogen-bond acceptors (Lipinski definition) is 2. The first-order valence-corrected chi connectivity index (χ1v) is 7.15. The largest absolute Gasteiger partial charge is 0.381 e. The van der Waals surface area contributed by atoms with Crippen molar-refractivity contribution in [2.75, 3.05) is 26.8 Å². The number of amides is 1. The van der Waals surface area contributed by atoms with Crippen molar-refractivity contribution in [3.05, 3.63) is 34.1 Å². The summed E-state index contributed by atoms with van der Waals surface area (Å²) in [6.45, 7) is 2.22. The van der Waals surface area contributed by atoms with Gasteiger partial charge in [-0.1, -0.05) is 0 Å². The minimum Gasteiger partial charge on any atom is -0.381 e. The zero-order valence-corrected chi connectivity index (χ0v) is 12.5. The van der Waals surface area contributed by atoms with E-state index in [-0.39, 0.29) is 5.91 Å². The summed E-state index contributed by atoms with van der Waals surface area (Å²) in [4.78, 5) is 13.9. The van der Waals surface area contributed by atoms with Crippen LogP contribution in [0.4, 0.5) is 4.39 Å². The van der Waals surface area contributed by atoms with Crippen molar-refractivity contribution >= 4 is 21.8 Å². The zero-order chi connectivity index (χ0) is 13.8. The van der Waals surface area contributed by atoms with Gasteiger partial charge in [0.05, 0.1) is 4.47 Å². The number of rotatable bonds is 3. The Bertz CT molecular complexity index is 461. The molecule has 1 aliphatic heterocycles. The van der Waals surface area contributed by atoms with Crippen LogP contribution in [0.3, 0.4) is 0 Å². The number of benzene rings is 1. The van der Waals surface area contributed by atoms with Gasteiger partial charge in [0, 0.05) is 32.4 Å². The Hall–Kier alpha value is -0.940. The summed E-state index contributed by atoms with van der Waals surface area (Å²) in [6.07, 6.45) is 1.96. The first kappa shape index (κ1) is 14.5. The molecule has 1 heterocycles. The highest BCUT2D eigenvalue weighted by Crippen LogP contribution is 2.19. The summed E-state index contributed by atoms with van der Waals surface area (Å²) in [5.41, 5.74) is 0.384. The number of carbonyl (C=O) groups excluding carboxylic acids is 1. The van der Waals surface area contributed by atoms with Crippen LogP contribution in [0.2, 0.25) is 0 Å². The maximum Gasteiger partial charge on any atom is 0.253 e. The van der Waals surface area contributed by atoms with Crippen molar-refractivity contribution in [3.8, 4) is 0 Å². The van der Waals surface area contributed by atoms with E-state index in [1.165, 1.54) is 6.07 Å². The molecule has 0 saturated carbocycles. The Balaban J connectivity index is 1.99. The third-order valence-corrected chi connectivity index (χ3v) is 4.03. The third-order valence-electron chi connectivity index (χ3n) is 3.39. The van der Waals surface area contributed by atoms with E-state index < -0.39 is 5.82 Å². The second-order valence-corrected chi connectivity index (χ2v) is 5.72. The monoisotopic (exact) mass is 329 g/mol. The Morgan fingerprint density at radius 1 is 1.47 bits per heavy atom. The predicted molar refractivity (Wildman–Crippen MR) is 74.6 cm³/mol. The van der Waals surface area contributed by atoms with Crippen LogP contribution in [0, 0.1) is 11.7 Å². The lowest BCUT2D eigenvalue weighted by Gasteiger charge is -2.27. The molecule has 104 valence electrons. The maximum atomic E-state index is 13.4. The number of hydrogen-bond donors (Lipinski definition) is 0. The molecule has 0 aliphatic carbocycles. The van der Waals surface area contributed by atoms with Crippen molar-refractivity contribution in [2.24, 2.45) is 5.92 Å². The summed E-state index contributed by atoms with van der Waals surface area (Å²) < 4.78 is 19.1. The number of nitrogens with zero attached hydrogens (tertiary/aromatic N) is 1. The molecule has 0 N–H and O–H groups in total. The second-order valence-electron chi connectivity index (χ2n) is 4.87. The standard InChI is InChI=1S/C14H17BrFNO2/c1-17(9-10-4-6-19-7-5-10)14(18)11-2-3-12(15)13(16)8-11/h2-3,8,10H,4-7,9H2,1H3. The summed E-state index contributed by atoms with van der Waals surface area (Å²) in [7, 11) is 1.76. The quantitative estimate of drug-likeness (QED) is 0.852. The van der Waals surface area contributed by atoms with Crippen LogP contribution in [0.1, 0.15) is 23.2 Å². The van der Waals surface area contributed by atoms with Crippen LogP contribution < -0.4 is 0 Å². The lowest BCUT2D eigenvalue weighted by atomic mass is 9.99. The topological polar surface area (TPSA) is 29.5 Å². The van der Waals surface area contributed by atoms with Gasteiger partial charge in [-0.2, -0.15) is 0 Å². The van der Waals surface area contributed by atoms with Gasteiger partial charge in [0.1, 0.15) is 5.82 Å². The molecule has 1 amide bonds. The molecule has 0 radical (unpaired) electrons. The molecule has 0 aromatic heterocycles. The molecule has 19 heavy (non-hydrogen) atoms. The van der Waals surface area contributed by atoms with E-state index in [0.29, 0.717) is 22.5 Å². The lowest BCUT2D eigenvalue weighted by molar-refractivity contribution is 0.0497. The van der Waals surface area contributed by atoms with E-state index in [4.69, 9.17) is 4.74 Å². The molecule has 1 aromatic carbocycles. The number of ether oxygens (including phenoxy) is 1.